The number of hydrogen-bond acceptors (Lipinski definition) is 9. The lowest BCUT2D eigenvalue weighted by atomic mass is 9.46. The van der Waals surface area contributed by atoms with E-state index in [1.165, 1.54) is 0 Å². The van der Waals surface area contributed by atoms with Gasteiger partial charge in [-0.25, -0.2) is 4.79 Å². The average Bonchev–Trinajstić information content (AvgIpc) is 3.36. The lowest BCUT2D eigenvalue weighted by Crippen LogP contribution is -2.63. The third kappa shape index (κ3) is 5.06. The molecule has 40 heavy (non-hydrogen) atoms. The van der Waals surface area contributed by atoms with E-state index in [0.717, 1.165) is 24.8 Å². The zero-order chi connectivity index (χ0) is 29.5. The minimum atomic E-state index is -1.21. The van der Waals surface area contributed by atoms with E-state index in [1.807, 2.05) is 25.1 Å². The number of ketones is 2. The molecule has 0 aromatic heterocycles. The van der Waals surface area contributed by atoms with Gasteiger partial charge in [0.05, 0.1) is 12.2 Å². The quantitative estimate of drug-likeness (QED) is 0.396. The molecule has 224 valence electrons. The molecular formula is C30H45NO9. The number of carboxylic acid groups (broad SMARTS) is 1. The van der Waals surface area contributed by atoms with Crippen molar-refractivity contribution in [3.63, 3.8) is 0 Å². The zero-order valence-electron chi connectivity index (χ0n) is 24.3. The summed E-state index contributed by atoms with van der Waals surface area (Å²) in [5.41, 5.74) is -1.05. The highest BCUT2D eigenvalue weighted by atomic mass is 16.7. The van der Waals surface area contributed by atoms with Crippen LogP contribution in [0.2, 0.25) is 0 Å². The van der Waals surface area contributed by atoms with Gasteiger partial charge in [0, 0.05) is 23.3 Å². The lowest BCUT2D eigenvalue weighted by Gasteiger charge is -2.59. The molecule has 1 heterocycles. The summed E-state index contributed by atoms with van der Waals surface area (Å²) < 4.78 is 16.9. The first kappa shape index (κ1) is 30.8. The molecule has 5 aliphatic rings. The van der Waals surface area contributed by atoms with Gasteiger partial charge in [-0.2, -0.15) is 0 Å². The molecule has 4 aliphatic carbocycles. The molecule has 10 nitrogen and oxygen atoms in total. The van der Waals surface area contributed by atoms with Crippen molar-refractivity contribution in [2.75, 3.05) is 33.9 Å². The molecule has 5 rings (SSSR count). The van der Waals surface area contributed by atoms with Crippen LogP contribution >= 0.6 is 0 Å². The van der Waals surface area contributed by atoms with Crippen molar-refractivity contribution in [1.82, 2.24) is 4.90 Å². The molecule has 3 saturated carbocycles. The second-order valence-electron chi connectivity index (χ2n) is 12.6. The lowest BCUT2D eigenvalue weighted by molar-refractivity contribution is -0.200. The van der Waals surface area contributed by atoms with E-state index < -0.39 is 42.3 Å². The second-order valence-corrected chi connectivity index (χ2v) is 12.6. The van der Waals surface area contributed by atoms with Crippen LogP contribution < -0.4 is 0 Å². The summed E-state index contributed by atoms with van der Waals surface area (Å²) in [6.45, 7) is 6.54. The number of allylic oxidation sites excluding steroid dienone is 4. The van der Waals surface area contributed by atoms with Crippen LogP contribution in [0.4, 0.5) is 4.79 Å². The average molecular weight is 564 g/mol. The van der Waals surface area contributed by atoms with Crippen LogP contribution in [0.3, 0.4) is 0 Å². The number of carbonyl (C=O) groups is 3. The van der Waals surface area contributed by atoms with Crippen molar-refractivity contribution < 1.29 is 43.9 Å². The maximum Gasteiger partial charge on any atom is 0.505 e. The maximum absolute atomic E-state index is 13.2. The molecule has 9 atom stereocenters. The van der Waals surface area contributed by atoms with Crippen molar-refractivity contribution in [2.45, 2.75) is 83.4 Å². The van der Waals surface area contributed by atoms with Crippen LogP contribution in [0.15, 0.2) is 23.8 Å². The van der Waals surface area contributed by atoms with E-state index in [-0.39, 0.29) is 41.3 Å². The fourth-order valence-electron chi connectivity index (χ4n) is 8.44. The molecule has 1 saturated heterocycles. The number of carbonyl (C=O) groups excluding carboxylic acids is 2. The molecule has 0 spiro atoms. The number of nitrogens with zero attached hydrogens (tertiary/aromatic N) is 1. The van der Waals surface area contributed by atoms with Crippen LogP contribution in [-0.2, 0) is 23.8 Å². The van der Waals surface area contributed by atoms with Crippen LogP contribution in [0.1, 0.15) is 59.3 Å². The summed E-state index contributed by atoms with van der Waals surface area (Å²) in [4.78, 5) is 36.8. The Hall–Kier alpha value is -2.11. The van der Waals surface area contributed by atoms with Crippen molar-refractivity contribution >= 4 is 17.7 Å². The van der Waals surface area contributed by atoms with Gasteiger partial charge < -0.3 is 34.4 Å². The van der Waals surface area contributed by atoms with E-state index in [4.69, 9.17) is 14.6 Å². The molecule has 0 radical (unpaired) electrons. The SMILES string of the molecule is CCCC1O[C@@H]2C[C@H]3[C@@H]4CCC5=CC(=O)C=C[C@]5(C)[C@H]4[C@@H](O)C[C@]3(C)[C@]2(C(=O)CO)O1.CN(C)CCOC(=O)O. The summed E-state index contributed by atoms with van der Waals surface area (Å²) >= 11 is 0. The van der Waals surface area contributed by atoms with E-state index >= 15 is 0 Å². The van der Waals surface area contributed by atoms with Gasteiger partial charge in [0.1, 0.15) is 13.2 Å². The van der Waals surface area contributed by atoms with Crippen molar-refractivity contribution in [2.24, 2.45) is 28.6 Å². The molecule has 0 bridgehead atoms. The number of aliphatic hydroxyl groups excluding tert-OH is 2. The first-order valence-electron chi connectivity index (χ1n) is 14.4. The van der Waals surface area contributed by atoms with E-state index in [2.05, 4.69) is 25.5 Å². The highest BCUT2D eigenvalue weighted by Gasteiger charge is 2.75. The van der Waals surface area contributed by atoms with Crippen LogP contribution in [0, 0.1) is 28.6 Å². The number of rotatable bonds is 7. The van der Waals surface area contributed by atoms with Crippen LogP contribution in [0.5, 0.6) is 0 Å². The van der Waals surface area contributed by atoms with Crippen LogP contribution in [-0.4, -0.2) is 95.9 Å². The zero-order valence-corrected chi connectivity index (χ0v) is 24.3. The van der Waals surface area contributed by atoms with Crippen LogP contribution in [0.25, 0.3) is 0 Å². The van der Waals surface area contributed by atoms with Gasteiger partial charge >= 0.3 is 6.16 Å². The predicted octanol–water partition coefficient (Wildman–Crippen LogP) is 2.96. The third-order valence-corrected chi connectivity index (χ3v) is 10.1. The molecule has 0 aromatic rings. The number of Topliss-reactive ketones (excluding diaryl/α,β-unsaturated/α-hetero) is 1. The Balaban J connectivity index is 0.000000357. The van der Waals surface area contributed by atoms with Gasteiger partial charge in [0.25, 0.3) is 0 Å². The standard InChI is InChI=1S/C25H34O6.C5H11NO3/c1-4-5-21-30-20-11-17-16-7-6-14-10-15(27)8-9-23(14,2)22(16)18(28)12-24(17,3)25(20,31-21)19(29)13-26;1-6(2)3-4-9-5(7)8/h8-10,16-18,20-22,26,28H,4-7,11-13H2,1-3H3;3-4H2,1-2H3,(H,7,8)/t16-,17-,18-,20+,21?,22+,23-,24-,25+;/m0./s1. The first-order valence-corrected chi connectivity index (χ1v) is 14.4. The number of likely N-dealkylation sites (N-methyl/N-ethyl adjacent to an activating group) is 1. The molecular weight excluding hydrogens is 518 g/mol. The Labute approximate surface area is 236 Å². The topological polar surface area (TPSA) is 143 Å². The Morgan fingerprint density at radius 3 is 2.60 bits per heavy atom. The smallest absolute Gasteiger partial charge is 0.450 e. The van der Waals surface area contributed by atoms with Gasteiger partial charge in [0.2, 0.25) is 0 Å². The highest BCUT2D eigenvalue weighted by molar-refractivity contribution is 6.01. The minimum Gasteiger partial charge on any atom is -0.450 e. The van der Waals surface area contributed by atoms with Gasteiger partial charge in [0.15, 0.2) is 23.5 Å². The monoisotopic (exact) mass is 563 g/mol. The maximum atomic E-state index is 13.2. The summed E-state index contributed by atoms with van der Waals surface area (Å²) in [5.74, 6) is 0.0274. The summed E-state index contributed by atoms with van der Waals surface area (Å²) in [5, 5.41) is 29.4. The largest absolute Gasteiger partial charge is 0.505 e. The predicted molar refractivity (Wildman–Crippen MR) is 145 cm³/mol. The molecule has 3 N–H and O–H groups in total. The van der Waals surface area contributed by atoms with Gasteiger partial charge in [-0.1, -0.05) is 38.8 Å². The minimum absolute atomic E-state index is 0.0125. The molecule has 1 unspecified atom stereocenters. The number of ether oxygens (including phenoxy) is 3. The Kier molecular flexibility index (Phi) is 8.98. The summed E-state index contributed by atoms with van der Waals surface area (Å²) in [6.07, 6.45) is 7.10. The van der Waals surface area contributed by atoms with E-state index in [1.54, 1.807) is 12.2 Å². The molecule has 10 heteroatoms. The molecule has 1 aliphatic heterocycles. The highest BCUT2D eigenvalue weighted by Crippen LogP contribution is 2.69. The second kappa shape index (κ2) is 11.6. The third-order valence-electron chi connectivity index (χ3n) is 10.1. The normalized spacial score (nSPS) is 41.2. The Morgan fingerprint density at radius 2 is 1.98 bits per heavy atom. The molecule has 0 aromatic carbocycles. The fourth-order valence-corrected chi connectivity index (χ4v) is 8.44. The summed E-state index contributed by atoms with van der Waals surface area (Å²) in [6, 6.07) is 0. The number of hydrogen-bond donors (Lipinski definition) is 3. The Morgan fingerprint density at radius 1 is 1.25 bits per heavy atom. The number of fused-ring (bicyclic) bond motifs is 7. The van der Waals surface area contributed by atoms with E-state index in [0.29, 0.717) is 25.8 Å². The van der Waals surface area contributed by atoms with Crippen molar-refractivity contribution in [3.8, 4) is 0 Å². The van der Waals surface area contributed by atoms with Gasteiger partial charge in [-0.15, -0.1) is 0 Å². The fraction of sp³-hybridized carbons (Fsp3) is 0.767. The summed E-state index contributed by atoms with van der Waals surface area (Å²) in [7, 11) is 3.70. The van der Waals surface area contributed by atoms with Crippen molar-refractivity contribution in [3.05, 3.63) is 23.8 Å². The van der Waals surface area contributed by atoms with E-state index in [9.17, 15) is 24.6 Å². The van der Waals surface area contributed by atoms with Crippen molar-refractivity contribution in [1.29, 1.82) is 0 Å². The first-order chi connectivity index (χ1) is 18.8. The Bertz CT molecular complexity index is 1060. The molecule has 4 fully saturated rings. The van der Waals surface area contributed by atoms with Gasteiger partial charge in [-0.3, -0.25) is 9.59 Å². The molecule has 0 amide bonds. The van der Waals surface area contributed by atoms with Gasteiger partial charge in [-0.05, 0) is 70.2 Å². The number of aliphatic hydroxyl groups is 2.